The van der Waals surface area contributed by atoms with Gasteiger partial charge < -0.3 is 34.3 Å². The van der Waals surface area contributed by atoms with Crippen LogP contribution in [0.2, 0.25) is 0 Å². The number of aryl methyl sites for hydroxylation is 1. The van der Waals surface area contributed by atoms with E-state index in [2.05, 4.69) is 19.5 Å². The number of fused-ring (bicyclic) bond motifs is 2. The highest BCUT2D eigenvalue weighted by Gasteiger charge is 2.33. The number of aliphatic imine (C=N–C) groups is 1. The maximum Gasteiger partial charge on any atom is 0.573 e. The van der Waals surface area contributed by atoms with Crippen molar-refractivity contribution in [2.45, 2.75) is 92.9 Å². The summed E-state index contributed by atoms with van der Waals surface area (Å²) in [5.41, 5.74) is -1.04. The number of nitrogens with zero attached hydrogens (tertiary/aromatic N) is 7. The van der Waals surface area contributed by atoms with Crippen molar-refractivity contribution >= 4 is 22.9 Å². The third kappa shape index (κ3) is 13.9. The van der Waals surface area contributed by atoms with Crippen LogP contribution in [-0.2, 0) is 39.1 Å². The van der Waals surface area contributed by atoms with Gasteiger partial charge in [0.1, 0.15) is 28.8 Å². The van der Waals surface area contributed by atoms with Crippen LogP contribution in [-0.4, -0.2) is 81.6 Å². The van der Waals surface area contributed by atoms with Crippen molar-refractivity contribution in [3.63, 3.8) is 0 Å². The number of rotatable bonds is 15. The number of alkyl halides is 6. The average Bonchev–Trinajstić information content (AvgIpc) is 3.85. The van der Waals surface area contributed by atoms with Crippen molar-refractivity contribution in [3.05, 3.63) is 132 Å². The van der Waals surface area contributed by atoms with Gasteiger partial charge in [-0.05, 0) is 63.4 Å². The predicted molar refractivity (Wildman–Crippen MR) is 241 cm³/mol. The zero-order chi connectivity index (χ0) is 49.8. The summed E-state index contributed by atoms with van der Waals surface area (Å²) < 4.78 is 101. The third-order valence-corrected chi connectivity index (χ3v) is 9.55. The second kappa shape index (κ2) is 24.2. The molecule has 0 fully saturated rings. The maximum atomic E-state index is 13.4. The first-order valence-corrected chi connectivity index (χ1v) is 21.0. The van der Waals surface area contributed by atoms with Crippen LogP contribution < -0.4 is 41.4 Å². The van der Waals surface area contributed by atoms with Crippen molar-refractivity contribution in [2.24, 2.45) is 4.99 Å². The van der Waals surface area contributed by atoms with E-state index in [0.717, 1.165) is 39.0 Å². The van der Waals surface area contributed by atoms with Crippen molar-refractivity contribution in [1.82, 2.24) is 27.8 Å². The van der Waals surface area contributed by atoms with Gasteiger partial charge in [-0.25, -0.2) is 9.59 Å². The third-order valence-electron chi connectivity index (χ3n) is 9.55. The molecule has 0 unspecified atom stereocenters. The molecule has 0 atom stereocenters. The topological polar surface area (TPSA) is 216 Å². The quantitative estimate of drug-likeness (QED) is 0.0994. The van der Waals surface area contributed by atoms with E-state index < -0.39 is 46.7 Å². The second-order valence-corrected chi connectivity index (χ2v) is 14.3. The first kappa shape index (κ1) is 54.4. The van der Waals surface area contributed by atoms with Crippen molar-refractivity contribution < 1.29 is 60.6 Å². The van der Waals surface area contributed by atoms with E-state index in [1.54, 1.807) is 20.8 Å². The lowest BCUT2D eigenvalue weighted by molar-refractivity contribution is -0.275. The molecule has 6 aromatic rings. The van der Waals surface area contributed by atoms with Gasteiger partial charge in [0.15, 0.2) is 11.2 Å². The highest BCUT2D eigenvalue weighted by atomic mass is 19.4. The molecule has 1 aliphatic heterocycles. The van der Waals surface area contributed by atoms with Crippen molar-refractivity contribution in [2.75, 3.05) is 19.8 Å². The van der Waals surface area contributed by atoms with Gasteiger partial charge in [-0.1, -0.05) is 49.9 Å². The number of hydrogen-bond acceptors (Lipinski definition) is 13. The van der Waals surface area contributed by atoms with Crippen LogP contribution in [0.25, 0.3) is 11.2 Å². The molecular weight excluding hydrogens is 929 g/mol. The molecule has 1 aliphatic rings. The zero-order valence-electron chi connectivity index (χ0n) is 36.8. The fourth-order valence-electron chi connectivity index (χ4n) is 6.79. The number of aromatic nitrogens is 6. The van der Waals surface area contributed by atoms with Crippen LogP contribution >= 0.6 is 0 Å². The minimum Gasteiger partial charge on any atom is -0.442 e. The molecule has 0 aliphatic carbocycles. The Bertz CT molecular complexity index is 2940. The zero-order valence-corrected chi connectivity index (χ0v) is 36.8. The number of ether oxygens (including phenoxy) is 4. The molecule has 24 heteroatoms. The standard InChI is InChI=1S/C24H23F3N4O5.C18H18F3N3O5.C2H6O.CH4/c1-2-29-20-19(21(33)30(23(29)34)12-7-13-32)31(15-16-8-4-3-5-9-16)22(28-20)35-17-10-6-11-18(14-17)36-24(25,26)27;1-2-23-15-13(16(26)24(17(23)27)7-4-8-25)10-14(22-15)28-11-5-3-6-12(9-11)29-18(19,20)21;1-2-3;/h3-6,8-11,14,32H,2,7,12-13,15H2,1H3;3,5-6,9,25H,2,4,7-8,10H2,1H3;3H,2H2,1H3;1H4. The Morgan fingerprint density at radius 2 is 1.12 bits per heavy atom. The summed E-state index contributed by atoms with van der Waals surface area (Å²) >= 11 is 0. The molecular formula is C45H51F6N7O11. The molecule has 374 valence electrons. The minimum absolute atomic E-state index is 0. The van der Waals surface area contributed by atoms with Crippen molar-refractivity contribution in [3.8, 4) is 29.0 Å². The Labute approximate surface area is 389 Å². The molecule has 7 rings (SSSR count). The van der Waals surface area contributed by atoms with Crippen LogP contribution in [0.3, 0.4) is 0 Å². The van der Waals surface area contributed by atoms with Gasteiger partial charge in [0.2, 0.25) is 5.90 Å². The Morgan fingerprint density at radius 3 is 1.62 bits per heavy atom. The number of benzene rings is 3. The smallest absolute Gasteiger partial charge is 0.442 e. The van der Waals surface area contributed by atoms with Crippen LogP contribution in [0.1, 0.15) is 52.2 Å². The van der Waals surface area contributed by atoms with E-state index >= 15 is 0 Å². The van der Waals surface area contributed by atoms with E-state index in [9.17, 15) is 50.6 Å². The molecule has 4 heterocycles. The average molecular weight is 980 g/mol. The van der Waals surface area contributed by atoms with Gasteiger partial charge in [-0.2, -0.15) is 9.98 Å². The van der Waals surface area contributed by atoms with Crippen molar-refractivity contribution in [1.29, 1.82) is 0 Å². The highest BCUT2D eigenvalue weighted by Crippen LogP contribution is 2.31. The lowest BCUT2D eigenvalue weighted by Gasteiger charge is -2.13. The van der Waals surface area contributed by atoms with Crippen LogP contribution in [0.15, 0.2) is 103 Å². The summed E-state index contributed by atoms with van der Waals surface area (Å²) in [6.45, 7) is 5.66. The summed E-state index contributed by atoms with van der Waals surface area (Å²) in [7, 11) is 0. The normalized spacial score (nSPS) is 11.9. The van der Waals surface area contributed by atoms with E-state index in [1.807, 2.05) is 30.3 Å². The van der Waals surface area contributed by atoms with Gasteiger partial charge in [-0.15, -0.1) is 26.3 Å². The monoisotopic (exact) mass is 979 g/mol. The second-order valence-electron chi connectivity index (χ2n) is 14.3. The number of halogens is 6. The maximum absolute atomic E-state index is 13.4. The molecule has 0 spiro atoms. The predicted octanol–water partition coefficient (Wildman–Crippen LogP) is 6.11. The summed E-state index contributed by atoms with van der Waals surface area (Å²) in [4.78, 5) is 60.2. The Balaban J connectivity index is 0.000000286. The molecule has 0 saturated carbocycles. The summed E-state index contributed by atoms with van der Waals surface area (Å²) in [5, 5.41) is 25.8. The van der Waals surface area contributed by atoms with E-state index in [1.165, 1.54) is 38.0 Å². The largest absolute Gasteiger partial charge is 0.573 e. The number of imidazole rings is 1. The summed E-state index contributed by atoms with van der Waals surface area (Å²) in [6.07, 6.45) is -9.29. The van der Waals surface area contributed by atoms with Gasteiger partial charge in [0, 0.05) is 58.1 Å². The summed E-state index contributed by atoms with van der Waals surface area (Å²) in [6, 6.07) is 18.9. The van der Waals surface area contributed by atoms with Crippen LogP contribution in [0.4, 0.5) is 32.2 Å². The first-order valence-electron chi connectivity index (χ1n) is 21.0. The Morgan fingerprint density at radius 1 is 0.623 bits per heavy atom. The van der Waals surface area contributed by atoms with Gasteiger partial charge in [0.25, 0.3) is 11.1 Å². The molecule has 3 aromatic heterocycles. The van der Waals surface area contributed by atoms with Gasteiger partial charge >= 0.3 is 30.1 Å². The number of aliphatic hydroxyl groups excluding tert-OH is 3. The number of aliphatic hydroxyl groups is 3. The molecule has 0 amide bonds. The van der Waals surface area contributed by atoms with Gasteiger partial charge in [-0.3, -0.25) is 32.4 Å². The van der Waals surface area contributed by atoms with Crippen LogP contribution in [0.5, 0.6) is 29.0 Å². The molecule has 0 saturated heterocycles. The van der Waals surface area contributed by atoms with Gasteiger partial charge in [0.05, 0.1) is 18.5 Å². The number of hydrogen-bond donors (Lipinski definition) is 3. The fraction of sp³-hybridized carbons (Fsp3) is 0.378. The minimum atomic E-state index is -4.88. The Hall–Kier alpha value is -7.18. The molecule has 3 aromatic carbocycles. The summed E-state index contributed by atoms with van der Waals surface area (Å²) in [5.74, 6) is -0.662. The molecule has 69 heavy (non-hydrogen) atoms. The lowest BCUT2D eigenvalue weighted by Crippen LogP contribution is -2.41. The van der Waals surface area contributed by atoms with Crippen LogP contribution in [0, 0.1) is 0 Å². The highest BCUT2D eigenvalue weighted by molar-refractivity contribution is 5.88. The van der Waals surface area contributed by atoms with E-state index in [4.69, 9.17) is 19.7 Å². The SMILES string of the molecule is C.CCO.CCn1c(=O)n(CCCO)c(=O)c2c1nc(Oc1cccc(OC(F)(F)F)c1)n2Cc1ccccc1.CCn1c2c(c(=O)n(CCCO)c1=O)CC(Oc1cccc(OC(F)(F)F)c1)=N2. The van der Waals surface area contributed by atoms with E-state index in [0.29, 0.717) is 0 Å². The molecule has 18 nitrogen and oxygen atoms in total. The molecule has 0 radical (unpaired) electrons. The molecule has 0 bridgehead atoms. The Kier molecular flexibility index (Phi) is 19.1. The molecule has 3 N–H and O–H groups in total. The van der Waals surface area contributed by atoms with E-state index in [-0.39, 0.29) is 125 Å². The first-order chi connectivity index (χ1) is 32.4. The fourth-order valence-corrected chi connectivity index (χ4v) is 6.79. The lowest BCUT2D eigenvalue weighted by atomic mass is 10.2.